The predicted molar refractivity (Wildman–Crippen MR) is 122 cm³/mol. The van der Waals surface area contributed by atoms with E-state index in [1.54, 1.807) is 30.3 Å². The van der Waals surface area contributed by atoms with Gasteiger partial charge in [0.1, 0.15) is 0 Å². The molecule has 0 radical (unpaired) electrons. The van der Waals surface area contributed by atoms with Crippen LogP contribution in [0.4, 0.5) is 0 Å². The van der Waals surface area contributed by atoms with E-state index in [1.165, 1.54) is 0 Å². The molecule has 0 aliphatic heterocycles. The third-order valence-corrected chi connectivity index (χ3v) is 5.53. The molecule has 0 spiro atoms. The number of nitrogens with one attached hydrogen (secondary N) is 1. The van der Waals surface area contributed by atoms with Crippen LogP contribution in [0.5, 0.6) is 0 Å². The quantitative estimate of drug-likeness (QED) is 0.251. The van der Waals surface area contributed by atoms with Gasteiger partial charge in [-0.2, -0.15) is 0 Å². The van der Waals surface area contributed by atoms with Crippen molar-refractivity contribution in [2.45, 2.75) is 6.42 Å². The molecule has 0 saturated carbocycles. The summed E-state index contributed by atoms with van der Waals surface area (Å²) in [4.78, 5) is 16.6. The minimum atomic E-state index is -0.133. The van der Waals surface area contributed by atoms with Crippen molar-refractivity contribution in [3.05, 3.63) is 110 Å². The number of aromatic amines is 1. The number of hydrogen-bond acceptors (Lipinski definition) is 1. The number of ketones is 1. The Morgan fingerprint density at radius 1 is 0.897 bits per heavy atom. The normalized spacial score (nSPS) is 11.8. The highest BCUT2D eigenvalue weighted by atomic mass is 35.5. The Bertz CT molecular complexity index is 1220. The van der Waals surface area contributed by atoms with Gasteiger partial charge in [0.2, 0.25) is 0 Å². The summed E-state index contributed by atoms with van der Waals surface area (Å²) in [6.07, 6.45) is 4.28. The highest BCUT2D eigenvalue weighted by Crippen LogP contribution is 2.28. The Labute approximate surface area is 183 Å². The van der Waals surface area contributed by atoms with Crippen LogP contribution in [0, 0.1) is 0 Å². The Hall–Kier alpha value is -2.52. The van der Waals surface area contributed by atoms with Gasteiger partial charge in [0.15, 0.2) is 5.78 Å². The Kier molecular flexibility index (Phi) is 5.77. The van der Waals surface area contributed by atoms with E-state index in [9.17, 15) is 4.79 Å². The molecule has 5 heteroatoms. The van der Waals surface area contributed by atoms with Crippen molar-refractivity contribution >= 4 is 57.6 Å². The maximum absolute atomic E-state index is 13.4. The number of allylic oxidation sites excluding steroid dienone is 1. The molecule has 0 saturated heterocycles. The van der Waals surface area contributed by atoms with Crippen LogP contribution in [0.1, 0.15) is 21.5 Å². The maximum Gasteiger partial charge on any atom is 0.190 e. The zero-order valence-electron chi connectivity index (χ0n) is 15.3. The van der Waals surface area contributed by atoms with Crippen molar-refractivity contribution in [3.63, 3.8) is 0 Å². The first-order valence-corrected chi connectivity index (χ1v) is 10.2. The average molecular weight is 441 g/mol. The van der Waals surface area contributed by atoms with Gasteiger partial charge in [-0.25, -0.2) is 0 Å². The standard InChI is InChI=1S/C24H16Cl3NO/c25-18-7-5-15(6-8-18)11-16(24(29)21-10-9-19(26)13-22(21)27)12-17-14-28-23-4-2-1-3-20(17)23/h1-11,13-14,28H,12H2/b16-11+. The molecule has 29 heavy (non-hydrogen) atoms. The van der Waals surface area contributed by atoms with E-state index in [0.29, 0.717) is 32.6 Å². The number of halogens is 3. The number of rotatable bonds is 5. The highest BCUT2D eigenvalue weighted by molar-refractivity contribution is 6.37. The van der Waals surface area contributed by atoms with E-state index >= 15 is 0 Å². The summed E-state index contributed by atoms with van der Waals surface area (Å²) < 4.78 is 0. The molecule has 0 amide bonds. The topological polar surface area (TPSA) is 32.9 Å². The summed E-state index contributed by atoms with van der Waals surface area (Å²) in [6.45, 7) is 0. The van der Waals surface area contributed by atoms with E-state index < -0.39 is 0 Å². The second-order valence-electron chi connectivity index (χ2n) is 6.71. The second kappa shape index (κ2) is 8.46. The van der Waals surface area contributed by atoms with Gasteiger partial charge in [0, 0.05) is 44.7 Å². The lowest BCUT2D eigenvalue weighted by Gasteiger charge is -2.09. The van der Waals surface area contributed by atoms with Crippen molar-refractivity contribution in [3.8, 4) is 0 Å². The number of Topliss-reactive ketones (excluding diaryl/α,β-unsaturated/α-hetero) is 1. The highest BCUT2D eigenvalue weighted by Gasteiger charge is 2.18. The Morgan fingerprint density at radius 2 is 1.62 bits per heavy atom. The Balaban J connectivity index is 1.78. The molecule has 0 aliphatic rings. The first-order chi connectivity index (χ1) is 14.0. The van der Waals surface area contributed by atoms with Gasteiger partial charge in [-0.1, -0.05) is 65.1 Å². The van der Waals surface area contributed by atoms with E-state index in [-0.39, 0.29) is 5.78 Å². The first kappa shape index (κ1) is 19.8. The minimum absolute atomic E-state index is 0.133. The van der Waals surface area contributed by atoms with Crippen molar-refractivity contribution < 1.29 is 4.79 Å². The smallest absolute Gasteiger partial charge is 0.190 e. The first-order valence-electron chi connectivity index (χ1n) is 9.02. The number of H-pyrrole nitrogens is 1. The second-order valence-corrected chi connectivity index (χ2v) is 7.99. The fraction of sp³-hybridized carbons (Fsp3) is 0.0417. The fourth-order valence-electron chi connectivity index (χ4n) is 3.29. The number of fused-ring (bicyclic) bond motifs is 1. The summed E-state index contributed by atoms with van der Waals surface area (Å²) in [7, 11) is 0. The van der Waals surface area contributed by atoms with Crippen LogP contribution >= 0.6 is 34.8 Å². The van der Waals surface area contributed by atoms with Gasteiger partial charge in [-0.3, -0.25) is 4.79 Å². The van der Waals surface area contributed by atoms with Crippen molar-refractivity contribution in [2.75, 3.05) is 0 Å². The van der Waals surface area contributed by atoms with Crippen LogP contribution in [-0.2, 0) is 6.42 Å². The molecule has 2 nitrogen and oxygen atoms in total. The summed E-state index contributed by atoms with van der Waals surface area (Å²) in [5.41, 5.74) is 4.02. The van der Waals surface area contributed by atoms with Gasteiger partial charge < -0.3 is 4.98 Å². The zero-order valence-corrected chi connectivity index (χ0v) is 17.5. The molecule has 4 rings (SSSR count). The van der Waals surface area contributed by atoms with Gasteiger partial charge in [0.25, 0.3) is 0 Å². The number of carbonyl (C=O) groups excluding carboxylic acids is 1. The minimum Gasteiger partial charge on any atom is -0.361 e. The molecular formula is C24H16Cl3NO. The summed E-state index contributed by atoms with van der Waals surface area (Å²) in [5.74, 6) is -0.133. The lowest BCUT2D eigenvalue weighted by molar-refractivity contribution is 0.103. The monoisotopic (exact) mass is 439 g/mol. The van der Waals surface area contributed by atoms with Gasteiger partial charge in [-0.05, 0) is 53.6 Å². The molecule has 0 bridgehead atoms. The van der Waals surface area contributed by atoms with Gasteiger partial charge >= 0.3 is 0 Å². The SMILES string of the molecule is O=C(/C(=C/c1ccc(Cl)cc1)Cc1c[nH]c2ccccc12)c1ccc(Cl)cc1Cl. The molecule has 0 fully saturated rings. The van der Waals surface area contributed by atoms with Crippen molar-refractivity contribution in [2.24, 2.45) is 0 Å². The van der Waals surface area contributed by atoms with Crippen LogP contribution in [0.2, 0.25) is 15.1 Å². The van der Waals surface area contributed by atoms with E-state index in [4.69, 9.17) is 34.8 Å². The molecule has 1 aromatic heterocycles. The van der Waals surface area contributed by atoms with Gasteiger partial charge in [0.05, 0.1) is 5.02 Å². The molecule has 0 aliphatic carbocycles. The Morgan fingerprint density at radius 3 is 2.38 bits per heavy atom. The molecule has 144 valence electrons. The lowest BCUT2D eigenvalue weighted by Crippen LogP contribution is -2.07. The van der Waals surface area contributed by atoms with Crippen LogP contribution in [0.25, 0.3) is 17.0 Å². The molecule has 4 aromatic rings. The number of carbonyl (C=O) groups is 1. The zero-order chi connectivity index (χ0) is 20.4. The molecule has 3 aromatic carbocycles. The fourth-order valence-corrected chi connectivity index (χ4v) is 3.91. The van der Waals surface area contributed by atoms with E-state index in [0.717, 1.165) is 22.0 Å². The molecule has 0 atom stereocenters. The number of benzene rings is 3. The number of hydrogen-bond donors (Lipinski definition) is 1. The van der Waals surface area contributed by atoms with Crippen molar-refractivity contribution in [1.29, 1.82) is 0 Å². The van der Waals surface area contributed by atoms with Gasteiger partial charge in [-0.15, -0.1) is 0 Å². The number of aromatic nitrogens is 1. The van der Waals surface area contributed by atoms with Crippen LogP contribution in [-0.4, -0.2) is 10.8 Å². The number of para-hydroxylation sites is 1. The predicted octanol–water partition coefficient (Wildman–Crippen LogP) is 7.64. The summed E-state index contributed by atoms with van der Waals surface area (Å²) >= 11 is 18.3. The molecule has 1 heterocycles. The third-order valence-electron chi connectivity index (χ3n) is 4.73. The van der Waals surface area contributed by atoms with Crippen LogP contribution in [0.15, 0.2) is 78.5 Å². The molecular weight excluding hydrogens is 425 g/mol. The maximum atomic E-state index is 13.4. The van der Waals surface area contributed by atoms with Crippen LogP contribution < -0.4 is 0 Å². The third kappa shape index (κ3) is 4.40. The summed E-state index contributed by atoms with van der Waals surface area (Å²) in [6, 6.07) is 20.3. The summed E-state index contributed by atoms with van der Waals surface area (Å²) in [5, 5.41) is 2.56. The van der Waals surface area contributed by atoms with Crippen LogP contribution in [0.3, 0.4) is 0 Å². The average Bonchev–Trinajstić information content (AvgIpc) is 3.12. The van der Waals surface area contributed by atoms with Crippen molar-refractivity contribution in [1.82, 2.24) is 4.98 Å². The van der Waals surface area contributed by atoms with E-state index in [1.807, 2.05) is 48.7 Å². The molecule has 0 unspecified atom stereocenters. The van der Waals surface area contributed by atoms with E-state index in [2.05, 4.69) is 4.98 Å². The largest absolute Gasteiger partial charge is 0.361 e. The lowest BCUT2D eigenvalue weighted by atomic mass is 9.95. The molecule has 1 N–H and O–H groups in total.